The first kappa shape index (κ1) is 15.1. The molecule has 0 bridgehead atoms. The average Bonchev–Trinajstić information content (AvgIpc) is 2.36. The maximum atomic E-state index is 11.5. The predicted octanol–water partition coefficient (Wildman–Crippen LogP) is 1.02. The first-order chi connectivity index (χ1) is 8.95. The molecule has 0 fully saturated rings. The van der Waals surface area contributed by atoms with E-state index < -0.39 is 17.8 Å². The van der Waals surface area contributed by atoms with Crippen LogP contribution in [-0.2, 0) is 16.0 Å². The predicted molar refractivity (Wildman–Crippen MR) is 69.0 cm³/mol. The van der Waals surface area contributed by atoms with Gasteiger partial charge in [0, 0.05) is 12.5 Å². The third kappa shape index (κ3) is 4.33. The summed E-state index contributed by atoms with van der Waals surface area (Å²) >= 11 is 0. The first-order valence-corrected chi connectivity index (χ1v) is 6.11. The van der Waals surface area contributed by atoms with Gasteiger partial charge >= 0.3 is 5.97 Å². The summed E-state index contributed by atoms with van der Waals surface area (Å²) in [5, 5.41) is 28.1. The molecule has 1 aromatic rings. The Morgan fingerprint density at radius 2 is 1.89 bits per heavy atom. The molecule has 0 radical (unpaired) electrons. The van der Waals surface area contributed by atoms with Crippen molar-refractivity contribution in [2.75, 3.05) is 6.61 Å². The summed E-state index contributed by atoms with van der Waals surface area (Å²) in [6.45, 7) is 2.29. The quantitative estimate of drug-likeness (QED) is 0.265. The highest BCUT2D eigenvalue weighted by atomic mass is 16.5. The van der Waals surface area contributed by atoms with Crippen molar-refractivity contribution in [3.63, 3.8) is 0 Å². The smallest absolute Gasteiger partial charge is 0.323 e. The lowest BCUT2D eigenvalue weighted by Crippen LogP contribution is -2.34. The zero-order valence-corrected chi connectivity index (χ0v) is 10.8. The van der Waals surface area contributed by atoms with E-state index in [1.54, 1.807) is 0 Å². The monoisotopic (exact) mass is 269 g/mol. The van der Waals surface area contributed by atoms with Gasteiger partial charge in [-0.15, -0.1) is 0 Å². The number of ether oxygens (including phenoxy) is 1. The van der Waals surface area contributed by atoms with Gasteiger partial charge in [-0.1, -0.05) is 13.3 Å². The van der Waals surface area contributed by atoms with Gasteiger partial charge in [0.1, 0.15) is 11.8 Å². The van der Waals surface area contributed by atoms with Crippen LogP contribution in [0.3, 0.4) is 0 Å². The Bertz CT molecular complexity index is 447. The van der Waals surface area contributed by atoms with Gasteiger partial charge in [-0.2, -0.15) is 0 Å². The Kier molecular flexibility index (Phi) is 5.44. The number of carbonyl (C=O) groups is 1. The number of nitrogens with two attached hydrogens (primary N) is 1. The molecule has 0 aliphatic heterocycles. The fourth-order valence-corrected chi connectivity index (χ4v) is 1.52. The van der Waals surface area contributed by atoms with Crippen LogP contribution in [0.1, 0.15) is 25.3 Å². The lowest BCUT2D eigenvalue weighted by atomic mass is 10.0. The van der Waals surface area contributed by atoms with Crippen LogP contribution in [0.4, 0.5) is 0 Å². The van der Waals surface area contributed by atoms with Gasteiger partial charge in [0.15, 0.2) is 11.5 Å². The molecule has 6 nitrogen and oxygen atoms in total. The van der Waals surface area contributed by atoms with Crippen molar-refractivity contribution in [2.45, 2.75) is 32.2 Å². The van der Waals surface area contributed by atoms with E-state index in [4.69, 9.17) is 10.5 Å². The van der Waals surface area contributed by atoms with E-state index >= 15 is 0 Å². The Hall–Kier alpha value is -1.95. The fraction of sp³-hybridized carbons (Fsp3) is 0.462. The SMILES string of the molecule is CCCCOC(=O)[C@@H](N)Cc1cc(O)c(O)cc1O. The van der Waals surface area contributed by atoms with Crippen molar-refractivity contribution in [3.05, 3.63) is 17.7 Å². The van der Waals surface area contributed by atoms with Crippen LogP contribution in [0.25, 0.3) is 0 Å². The summed E-state index contributed by atoms with van der Waals surface area (Å²) < 4.78 is 4.95. The van der Waals surface area contributed by atoms with Crippen molar-refractivity contribution in [1.82, 2.24) is 0 Å². The largest absolute Gasteiger partial charge is 0.508 e. The number of hydrogen-bond acceptors (Lipinski definition) is 6. The normalized spacial score (nSPS) is 12.1. The standard InChI is InChI=1S/C13H19NO5/c1-2-3-4-19-13(18)9(14)5-8-6-11(16)12(17)7-10(8)15/h6-7,9,15-17H,2-5,14H2,1H3/t9-/m0/s1. The Morgan fingerprint density at radius 1 is 1.26 bits per heavy atom. The molecule has 19 heavy (non-hydrogen) atoms. The Morgan fingerprint density at radius 3 is 2.53 bits per heavy atom. The number of aromatic hydroxyl groups is 3. The number of phenols is 3. The van der Waals surface area contributed by atoms with E-state index in [0.717, 1.165) is 18.9 Å². The summed E-state index contributed by atoms with van der Waals surface area (Å²) in [5.74, 6) is -1.59. The molecule has 0 unspecified atom stereocenters. The Balaban J connectivity index is 2.63. The average molecular weight is 269 g/mol. The van der Waals surface area contributed by atoms with Crippen LogP contribution in [0.2, 0.25) is 0 Å². The second kappa shape index (κ2) is 6.84. The van der Waals surface area contributed by atoms with Crippen molar-refractivity contribution in [3.8, 4) is 17.2 Å². The molecule has 0 spiro atoms. The molecule has 1 aromatic carbocycles. The Labute approximate surface area is 111 Å². The highest BCUT2D eigenvalue weighted by Crippen LogP contribution is 2.32. The molecule has 1 rings (SSSR count). The summed E-state index contributed by atoms with van der Waals surface area (Å²) in [4.78, 5) is 11.5. The van der Waals surface area contributed by atoms with Crippen molar-refractivity contribution in [1.29, 1.82) is 0 Å². The molecular formula is C13H19NO5. The van der Waals surface area contributed by atoms with Gasteiger partial charge < -0.3 is 25.8 Å². The lowest BCUT2D eigenvalue weighted by molar-refractivity contribution is -0.145. The third-order valence-electron chi connectivity index (χ3n) is 2.66. The molecule has 0 heterocycles. The number of esters is 1. The summed E-state index contributed by atoms with van der Waals surface area (Å²) in [6, 6.07) is 1.25. The molecule has 0 saturated heterocycles. The van der Waals surface area contributed by atoms with Crippen molar-refractivity contribution in [2.24, 2.45) is 5.73 Å². The molecule has 0 aliphatic carbocycles. The molecule has 106 valence electrons. The summed E-state index contributed by atoms with van der Waals surface area (Å²) in [7, 11) is 0. The van der Waals surface area contributed by atoms with E-state index in [2.05, 4.69) is 0 Å². The number of carbonyl (C=O) groups excluding carboxylic acids is 1. The molecule has 0 saturated carbocycles. The molecule has 6 heteroatoms. The highest BCUT2D eigenvalue weighted by molar-refractivity contribution is 5.76. The van der Waals surface area contributed by atoms with Crippen LogP contribution in [0.5, 0.6) is 17.2 Å². The second-order valence-electron chi connectivity index (χ2n) is 4.30. The van der Waals surface area contributed by atoms with Gasteiger partial charge in [0.05, 0.1) is 6.61 Å². The number of phenolic OH excluding ortho intramolecular Hbond substituents is 3. The lowest BCUT2D eigenvalue weighted by Gasteiger charge is -2.13. The minimum Gasteiger partial charge on any atom is -0.508 e. The van der Waals surface area contributed by atoms with E-state index in [0.29, 0.717) is 6.61 Å². The van der Waals surface area contributed by atoms with Gasteiger partial charge in [-0.05, 0) is 18.1 Å². The fourth-order valence-electron chi connectivity index (χ4n) is 1.52. The molecule has 0 amide bonds. The minimum absolute atomic E-state index is 0.0185. The summed E-state index contributed by atoms with van der Waals surface area (Å²) in [6.07, 6.45) is 1.70. The van der Waals surface area contributed by atoms with E-state index in [-0.39, 0.29) is 23.5 Å². The van der Waals surface area contributed by atoms with Crippen LogP contribution >= 0.6 is 0 Å². The van der Waals surface area contributed by atoms with Gasteiger partial charge in [-0.25, -0.2) is 0 Å². The number of hydrogen-bond donors (Lipinski definition) is 4. The maximum Gasteiger partial charge on any atom is 0.323 e. The zero-order chi connectivity index (χ0) is 14.4. The second-order valence-corrected chi connectivity index (χ2v) is 4.30. The minimum atomic E-state index is -0.924. The van der Waals surface area contributed by atoms with Crippen LogP contribution in [0.15, 0.2) is 12.1 Å². The van der Waals surface area contributed by atoms with Gasteiger partial charge in [0.25, 0.3) is 0 Å². The van der Waals surface area contributed by atoms with Crippen LogP contribution < -0.4 is 5.73 Å². The van der Waals surface area contributed by atoms with Crippen molar-refractivity contribution < 1.29 is 24.9 Å². The molecule has 1 atom stereocenters. The summed E-state index contributed by atoms with van der Waals surface area (Å²) in [5.41, 5.74) is 5.93. The number of rotatable bonds is 6. The van der Waals surface area contributed by atoms with Crippen molar-refractivity contribution >= 4 is 5.97 Å². The van der Waals surface area contributed by atoms with Crippen LogP contribution in [-0.4, -0.2) is 33.9 Å². The van der Waals surface area contributed by atoms with E-state index in [1.807, 2.05) is 6.92 Å². The highest BCUT2D eigenvalue weighted by Gasteiger charge is 2.18. The number of unbranched alkanes of at least 4 members (excludes halogenated alkanes) is 1. The molecular weight excluding hydrogens is 250 g/mol. The van der Waals surface area contributed by atoms with Crippen LogP contribution in [0, 0.1) is 0 Å². The van der Waals surface area contributed by atoms with Gasteiger partial charge in [0.2, 0.25) is 0 Å². The first-order valence-electron chi connectivity index (χ1n) is 6.11. The number of benzene rings is 1. The molecule has 5 N–H and O–H groups in total. The topological polar surface area (TPSA) is 113 Å². The van der Waals surface area contributed by atoms with E-state index in [9.17, 15) is 20.1 Å². The van der Waals surface area contributed by atoms with Gasteiger partial charge in [-0.3, -0.25) is 4.79 Å². The third-order valence-corrected chi connectivity index (χ3v) is 2.66. The molecule has 0 aromatic heterocycles. The maximum absolute atomic E-state index is 11.5. The molecule has 0 aliphatic rings. The zero-order valence-electron chi connectivity index (χ0n) is 10.8. The van der Waals surface area contributed by atoms with E-state index in [1.165, 1.54) is 6.07 Å².